The molecular weight excluding hydrogens is 302 g/mol. The van der Waals surface area contributed by atoms with Crippen LogP contribution in [0.2, 0.25) is 0 Å². The summed E-state index contributed by atoms with van der Waals surface area (Å²) in [5, 5.41) is 19.3. The minimum Gasteiger partial charge on any atom is -0.394 e. The number of carbonyl (C=O) groups excluding carboxylic acids is 1. The quantitative estimate of drug-likeness (QED) is 0.894. The van der Waals surface area contributed by atoms with E-state index in [0.717, 1.165) is 25.2 Å². The van der Waals surface area contributed by atoms with Crippen molar-refractivity contribution in [3.63, 3.8) is 0 Å². The van der Waals surface area contributed by atoms with Gasteiger partial charge in [-0.2, -0.15) is 5.26 Å². The second-order valence-corrected chi connectivity index (χ2v) is 6.71. The lowest BCUT2D eigenvalue weighted by atomic mass is 9.75. The molecule has 3 atom stereocenters. The Morgan fingerprint density at radius 1 is 1.21 bits per heavy atom. The first-order valence-electron chi connectivity index (χ1n) is 8.85. The Kier molecular flexibility index (Phi) is 5.49. The minimum absolute atomic E-state index is 0.0154. The molecule has 2 aliphatic heterocycles. The molecule has 128 valence electrons. The fourth-order valence-electron chi connectivity index (χ4n) is 3.99. The molecule has 5 nitrogen and oxygen atoms in total. The highest BCUT2D eigenvalue weighted by atomic mass is 16.3. The lowest BCUT2D eigenvalue weighted by Gasteiger charge is -2.51. The van der Waals surface area contributed by atoms with E-state index in [9.17, 15) is 15.2 Å². The highest BCUT2D eigenvalue weighted by molar-refractivity contribution is 5.79. The summed E-state index contributed by atoms with van der Waals surface area (Å²) >= 11 is 0. The average molecular weight is 327 g/mol. The van der Waals surface area contributed by atoms with E-state index in [1.165, 1.54) is 19.3 Å². The van der Waals surface area contributed by atoms with Crippen LogP contribution in [0.5, 0.6) is 0 Å². The van der Waals surface area contributed by atoms with Gasteiger partial charge in [-0.1, -0.05) is 36.8 Å². The van der Waals surface area contributed by atoms with Gasteiger partial charge in [-0.3, -0.25) is 4.79 Å². The van der Waals surface area contributed by atoms with Crippen LogP contribution in [-0.2, 0) is 4.79 Å². The van der Waals surface area contributed by atoms with Gasteiger partial charge in [0.25, 0.3) is 0 Å². The van der Waals surface area contributed by atoms with Gasteiger partial charge < -0.3 is 14.9 Å². The zero-order valence-corrected chi connectivity index (χ0v) is 14.0. The highest BCUT2D eigenvalue weighted by Crippen LogP contribution is 2.40. The van der Waals surface area contributed by atoms with E-state index in [1.807, 2.05) is 30.3 Å². The van der Waals surface area contributed by atoms with Crippen LogP contribution in [0.3, 0.4) is 0 Å². The number of carbonyl (C=O) groups is 1. The molecule has 0 unspecified atom stereocenters. The molecule has 1 amide bonds. The van der Waals surface area contributed by atoms with E-state index < -0.39 is 6.04 Å². The fraction of sp³-hybridized carbons (Fsp3) is 0.579. The topological polar surface area (TPSA) is 67.6 Å². The number of aliphatic hydroxyl groups excluding tert-OH is 1. The Labute approximate surface area is 143 Å². The van der Waals surface area contributed by atoms with Crippen LogP contribution in [0.15, 0.2) is 30.3 Å². The second kappa shape index (κ2) is 7.78. The van der Waals surface area contributed by atoms with Crippen molar-refractivity contribution < 1.29 is 9.90 Å². The lowest BCUT2D eigenvalue weighted by molar-refractivity contribution is -0.147. The molecule has 1 aromatic carbocycles. The number of nitriles is 1. The summed E-state index contributed by atoms with van der Waals surface area (Å²) in [5.74, 6) is -0.113. The Morgan fingerprint density at radius 2 is 1.92 bits per heavy atom. The summed E-state index contributed by atoms with van der Waals surface area (Å²) in [6.45, 7) is 2.77. The van der Waals surface area contributed by atoms with Gasteiger partial charge in [0.15, 0.2) is 0 Å². The van der Waals surface area contributed by atoms with Crippen LogP contribution in [0.1, 0.15) is 37.2 Å². The van der Waals surface area contributed by atoms with Gasteiger partial charge in [-0.05, 0) is 31.5 Å². The van der Waals surface area contributed by atoms with Gasteiger partial charge in [0.05, 0.1) is 18.7 Å². The van der Waals surface area contributed by atoms with Crippen LogP contribution in [0, 0.1) is 11.3 Å². The van der Waals surface area contributed by atoms with Gasteiger partial charge in [0.1, 0.15) is 6.04 Å². The van der Waals surface area contributed by atoms with Gasteiger partial charge in [-0.25, -0.2) is 0 Å². The second-order valence-electron chi connectivity index (χ2n) is 6.71. The molecule has 3 rings (SSSR count). The number of hydrogen-bond donors (Lipinski definition) is 1. The van der Waals surface area contributed by atoms with Gasteiger partial charge in [0, 0.05) is 18.9 Å². The third-order valence-corrected chi connectivity index (χ3v) is 5.29. The van der Waals surface area contributed by atoms with E-state index in [0.29, 0.717) is 6.42 Å². The number of amides is 1. The monoisotopic (exact) mass is 327 g/mol. The van der Waals surface area contributed by atoms with Crippen molar-refractivity contribution in [1.29, 1.82) is 5.26 Å². The summed E-state index contributed by atoms with van der Waals surface area (Å²) in [4.78, 5) is 16.5. The Hall–Kier alpha value is -1.90. The Morgan fingerprint density at radius 3 is 2.54 bits per heavy atom. The molecule has 2 saturated heterocycles. The standard InChI is InChI=1S/C19H25N3O2/c20-13-16-19(15-7-3-1-4-8-15)17(14-23)22(16)18(24)9-12-21-10-5-2-6-11-21/h1,3-4,7-8,16-17,19,23H,2,5-6,9-12,14H2/t16-,17-,19-/m1/s1. The summed E-state index contributed by atoms with van der Waals surface area (Å²) in [6.07, 6.45) is 4.11. The maximum Gasteiger partial charge on any atom is 0.225 e. The number of aliphatic hydroxyl groups is 1. The molecule has 1 aromatic rings. The Balaban J connectivity index is 1.64. The van der Waals surface area contributed by atoms with Crippen LogP contribution < -0.4 is 0 Å². The maximum atomic E-state index is 12.6. The number of rotatable bonds is 5. The van der Waals surface area contributed by atoms with Crippen LogP contribution in [0.25, 0.3) is 0 Å². The predicted octanol–water partition coefficient (Wildman–Crippen LogP) is 1.74. The van der Waals surface area contributed by atoms with Crippen LogP contribution >= 0.6 is 0 Å². The maximum absolute atomic E-state index is 12.6. The van der Waals surface area contributed by atoms with E-state index in [1.54, 1.807) is 4.90 Å². The smallest absolute Gasteiger partial charge is 0.225 e. The number of likely N-dealkylation sites (tertiary alicyclic amines) is 2. The van der Waals surface area contributed by atoms with Crippen LogP contribution in [0.4, 0.5) is 0 Å². The molecule has 1 N–H and O–H groups in total. The van der Waals surface area contributed by atoms with Gasteiger partial charge in [-0.15, -0.1) is 0 Å². The van der Waals surface area contributed by atoms with Crippen molar-refractivity contribution >= 4 is 5.91 Å². The molecule has 0 aromatic heterocycles. The van der Waals surface area contributed by atoms with E-state index >= 15 is 0 Å². The van der Waals surface area contributed by atoms with Crippen molar-refractivity contribution in [2.24, 2.45) is 0 Å². The number of nitrogens with zero attached hydrogens (tertiary/aromatic N) is 3. The first kappa shape index (κ1) is 16.9. The Bertz CT molecular complexity index is 592. The summed E-state index contributed by atoms with van der Waals surface area (Å²) in [6, 6.07) is 11.2. The van der Waals surface area contributed by atoms with Crippen LogP contribution in [-0.4, -0.2) is 59.1 Å². The van der Waals surface area contributed by atoms with E-state index in [2.05, 4.69) is 11.0 Å². The van der Waals surface area contributed by atoms with Crippen molar-refractivity contribution in [3.05, 3.63) is 35.9 Å². The summed E-state index contributed by atoms with van der Waals surface area (Å²) in [7, 11) is 0. The molecule has 0 bridgehead atoms. The average Bonchev–Trinajstić information content (AvgIpc) is 2.61. The molecule has 2 fully saturated rings. The number of benzene rings is 1. The summed E-state index contributed by atoms with van der Waals surface area (Å²) in [5.41, 5.74) is 1.02. The first-order valence-corrected chi connectivity index (χ1v) is 8.85. The first-order chi connectivity index (χ1) is 11.8. The van der Waals surface area contributed by atoms with Crippen molar-refractivity contribution in [3.8, 4) is 6.07 Å². The zero-order valence-electron chi connectivity index (χ0n) is 14.0. The summed E-state index contributed by atoms with van der Waals surface area (Å²) < 4.78 is 0. The molecule has 0 spiro atoms. The normalized spacial score (nSPS) is 27.3. The molecule has 0 saturated carbocycles. The molecule has 0 aliphatic carbocycles. The third kappa shape index (κ3) is 3.31. The molecular formula is C19H25N3O2. The zero-order chi connectivity index (χ0) is 16.9. The number of hydrogen-bond acceptors (Lipinski definition) is 4. The fourth-order valence-corrected chi connectivity index (χ4v) is 3.99. The minimum atomic E-state index is -0.474. The molecule has 5 heteroatoms. The lowest BCUT2D eigenvalue weighted by Crippen LogP contribution is -2.65. The van der Waals surface area contributed by atoms with Gasteiger partial charge in [0.2, 0.25) is 5.91 Å². The predicted molar refractivity (Wildman–Crippen MR) is 91.2 cm³/mol. The molecule has 2 aliphatic rings. The molecule has 2 heterocycles. The third-order valence-electron chi connectivity index (χ3n) is 5.29. The van der Waals surface area contributed by atoms with Crippen molar-refractivity contribution in [1.82, 2.24) is 9.80 Å². The SMILES string of the molecule is N#C[C@@H]1[C@@H](c2ccccc2)[C@@H](CO)N1C(=O)CCN1CCCCC1. The molecule has 24 heavy (non-hydrogen) atoms. The molecule has 0 radical (unpaired) electrons. The van der Waals surface area contributed by atoms with E-state index in [4.69, 9.17) is 0 Å². The highest BCUT2D eigenvalue weighted by Gasteiger charge is 2.51. The number of piperidine rings is 1. The van der Waals surface area contributed by atoms with E-state index in [-0.39, 0.29) is 24.5 Å². The van der Waals surface area contributed by atoms with Gasteiger partial charge >= 0.3 is 0 Å². The van der Waals surface area contributed by atoms with Crippen molar-refractivity contribution in [2.45, 2.75) is 43.7 Å². The largest absolute Gasteiger partial charge is 0.394 e. The van der Waals surface area contributed by atoms with Crippen molar-refractivity contribution in [2.75, 3.05) is 26.2 Å².